The third-order valence-corrected chi connectivity index (χ3v) is 3.53. The minimum Gasteiger partial charge on any atom is -0.381 e. The lowest BCUT2D eigenvalue weighted by atomic mass is 9.90. The highest BCUT2D eigenvalue weighted by Gasteiger charge is 2.17. The van der Waals surface area contributed by atoms with Gasteiger partial charge in [0.15, 0.2) is 0 Å². The number of ether oxygens (including phenoxy) is 1. The molecule has 1 heterocycles. The second kappa shape index (κ2) is 7.38. The standard InChI is InChI=1S/C15H31NO/c1-13(10-14-6-5-9-17-12-14)11-16-8-7-15(2,3)4/h13-14,16H,5-12H2,1-4H3. The molecule has 1 saturated heterocycles. The Balaban J connectivity index is 2.02. The Morgan fingerprint density at radius 1 is 1.35 bits per heavy atom. The van der Waals surface area contributed by atoms with Crippen LogP contribution in [0.3, 0.4) is 0 Å². The molecule has 1 N–H and O–H groups in total. The molecule has 0 amide bonds. The van der Waals surface area contributed by atoms with Gasteiger partial charge in [-0.1, -0.05) is 27.7 Å². The summed E-state index contributed by atoms with van der Waals surface area (Å²) >= 11 is 0. The van der Waals surface area contributed by atoms with E-state index in [0.29, 0.717) is 5.41 Å². The SMILES string of the molecule is CC(CNCCC(C)(C)C)CC1CCCOC1. The van der Waals surface area contributed by atoms with Gasteiger partial charge in [-0.2, -0.15) is 0 Å². The minimum atomic E-state index is 0.452. The van der Waals surface area contributed by atoms with Gasteiger partial charge in [-0.3, -0.25) is 0 Å². The summed E-state index contributed by atoms with van der Waals surface area (Å²) in [6.45, 7) is 13.5. The zero-order chi connectivity index (χ0) is 12.7. The van der Waals surface area contributed by atoms with Crippen LogP contribution in [0.2, 0.25) is 0 Å². The zero-order valence-corrected chi connectivity index (χ0v) is 12.2. The van der Waals surface area contributed by atoms with Crippen LogP contribution in [-0.4, -0.2) is 26.3 Å². The van der Waals surface area contributed by atoms with Crippen molar-refractivity contribution in [1.29, 1.82) is 0 Å². The first-order valence-corrected chi connectivity index (χ1v) is 7.26. The van der Waals surface area contributed by atoms with Gasteiger partial charge in [-0.25, -0.2) is 0 Å². The van der Waals surface area contributed by atoms with Crippen LogP contribution in [0.1, 0.15) is 53.4 Å². The van der Waals surface area contributed by atoms with E-state index in [4.69, 9.17) is 4.74 Å². The maximum absolute atomic E-state index is 5.53. The van der Waals surface area contributed by atoms with Gasteiger partial charge in [0.05, 0.1) is 0 Å². The van der Waals surface area contributed by atoms with Gasteiger partial charge in [-0.15, -0.1) is 0 Å². The molecule has 0 aromatic rings. The van der Waals surface area contributed by atoms with Crippen molar-refractivity contribution >= 4 is 0 Å². The van der Waals surface area contributed by atoms with Gasteiger partial charge in [0.2, 0.25) is 0 Å². The highest BCUT2D eigenvalue weighted by atomic mass is 16.5. The van der Waals surface area contributed by atoms with E-state index in [1.807, 2.05) is 0 Å². The molecule has 2 nitrogen and oxygen atoms in total. The highest BCUT2D eigenvalue weighted by Crippen LogP contribution is 2.21. The number of nitrogens with one attached hydrogen (secondary N) is 1. The normalized spacial score (nSPS) is 23.6. The molecular weight excluding hydrogens is 210 g/mol. The van der Waals surface area contributed by atoms with Crippen molar-refractivity contribution in [2.75, 3.05) is 26.3 Å². The maximum atomic E-state index is 5.53. The summed E-state index contributed by atoms with van der Waals surface area (Å²) in [6, 6.07) is 0. The number of hydrogen-bond donors (Lipinski definition) is 1. The van der Waals surface area contributed by atoms with Crippen LogP contribution in [0.15, 0.2) is 0 Å². The predicted octanol–water partition coefficient (Wildman–Crippen LogP) is 3.47. The van der Waals surface area contributed by atoms with E-state index >= 15 is 0 Å². The topological polar surface area (TPSA) is 21.3 Å². The molecule has 0 aliphatic carbocycles. The molecule has 0 saturated carbocycles. The molecule has 1 aliphatic heterocycles. The second-order valence-electron chi connectivity index (χ2n) is 6.94. The average Bonchev–Trinajstić information content (AvgIpc) is 2.25. The maximum Gasteiger partial charge on any atom is 0.0494 e. The molecule has 1 fully saturated rings. The summed E-state index contributed by atoms with van der Waals surface area (Å²) in [5, 5.41) is 3.59. The molecule has 17 heavy (non-hydrogen) atoms. The van der Waals surface area contributed by atoms with Gasteiger partial charge >= 0.3 is 0 Å². The fourth-order valence-corrected chi connectivity index (χ4v) is 2.46. The van der Waals surface area contributed by atoms with Gasteiger partial charge in [0.1, 0.15) is 0 Å². The molecule has 0 bridgehead atoms. The lowest BCUT2D eigenvalue weighted by Crippen LogP contribution is -2.28. The van der Waals surface area contributed by atoms with Crippen LogP contribution in [0, 0.1) is 17.3 Å². The summed E-state index contributed by atoms with van der Waals surface area (Å²) in [5.74, 6) is 1.59. The predicted molar refractivity (Wildman–Crippen MR) is 74.3 cm³/mol. The van der Waals surface area contributed by atoms with Gasteiger partial charge in [0.25, 0.3) is 0 Å². The van der Waals surface area contributed by atoms with E-state index in [1.165, 1.54) is 25.7 Å². The molecule has 2 heteroatoms. The van der Waals surface area contributed by atoms with Crippen LogP contribution in [0.4, 0.5) is 0 Å². The van der Waals surface area contributed by atoms with Crippen molar-refractivity contribution in [3.63, 3.8) is 0 Å². The van der Waals surface area contributed by atoms with E-state index in [0.717, 1.165) is 38.1 Å². The molecule has 0 radical (unpaired) electrons. The van der Waals surface area contributed by atoms with Crippen molar-refractivity contribution in [2.45, 2.75) is 53.4 Å². The summed E-state index contributed by atoms with van der Waals surface area (Å²) in [5.41, 5.74) is 0.452. The van der Waals surface area contributed by atoms with Crippen LogP contribution >= 0.6 is 0 Å². The Morgan fingerprint density at radius 3 is 2.71 bits per heavy atom. The number of rotatable bonds is 6. The average molecular weight is 241 g/mol. The van der Waals surface area contributed by atoms with Crippen LogP contribution in [-0.2, 0) is 4.74 Å². The van der Waals surface area contributed by atoms with E-state index in [-0.39, 0.29) is 0 Å². The van der Waals surface area contributed by atoms with E-state index in [9.17, 15) is 0 Å². The lowest BCUT2D eigenvalue weighted by molar-refractivity contribution is 0.0460. The summed E-state index contributed by atoms with van der Waals surface area (Å²) in [4.78, 5) is 0. The Labute approximate surface area is 108 Å². The lowest BCUT2D eigenvalue weighted by Gasteiger charge is -2.25. The van der Waals surface area contributed by atoms with Crippen LogP contribution in [0.25, 0.3) is 0 Å². The smallest absolute Gasteiger partial charge is 0.0494 e. The summed E-state index contributed by atoms with van der Waals surface area (Å²) < 4.78 is 5.53. The molecule has 0 spiro atoms. The largest absolute Gasteiger partial charge is 0.381 e. The van der Waals surface area contributed by atoms with Gasteiger partial charge in [-0.05, 0) is 56.0 Å². The van der Waals surface area contributed by atoms with E-state index in [1.54, 1.807) is 0 Å². The van der Waals surface area contributed by atoms with Crippen molar-refractivity contribution in [1.82, 2.24) is 5.32 Å². The van der Waals surface area contributed by atoms with Crippen molar-refractivity contribution in [3.05, 3.63) is 0 Å². The Hall–Kier alpha value is -0.0800. The third kappa shape index (κ3) is 7.77. The quantitative estimate of drug-likeness (QED) is 0.719. The first-order valence-electron chi connectivity index (χ1n) is 7.26. The van der Waals surface area contributed by atoms with Crippen molar-refractivity contribution < 1.29 is 4.74 Å². The molecule has 1 aliphatic rings. The first kappa shape index (κ1) is 15.0. The fourth-order valence-electron chi connectivity index (χ4n) is 2.46. The minimum absolute atomic E-state index is 0.452. The second-order valence-corrected chi connectivity index (χ2v) is 6.94. The van der Waals surface area contributed by atoms with Gasteiger partial charge in [0, 0.05) is 13.2 Å². The van der Waals surface area contributed by atoms with Crippen LogP contribution in [0.5, 0.6) is 0 Å². The van der Waals surface area contributed by atoms with E-state index < -0.39 is 0 Å². The third-order valence-electron chi connectivity index (χ3n) is 3.53. The van der Waals surface area contributed by atoms with Crippen molar-refractivity contribution in [3.8, 4) is 0 Å². The molecule has 102 valence electrons. The van der Waals surface area contributed by atoms with Gasteiger partial charge < -0.3 is 10.1 Å². The molecular formula is C15H31NO. The van der Waals surface area contributed by atoms with Crippen molar-refractivity contribution in [2.24, 2.45) is 17.3 Å². The molecule has 1 rings (SSSR count). The Bertz CT molecular complexity index is 192. The molecule has 0 aromatic carbocycles. The summed E-state index contributed by atoms with van der Waals surface area (Å²) in [6.07, 6.45) is 5.20. The zero-order valence-electron chi connectivity index (χ0n) is 12.2. The van der Waals surface area contributed by atoms with E-state index in [2.05, 4.69) is 33.0 Å². The Morgan fingerprint density at radius 2 is 2.12 bits per heavy atom. The fraction of sp³-hybridized carbons (Fsp3) is 1.00. The monoisotopic (exact) mass is 241 g/mol. The molecule has 0 aromatic heterocycles. The summed E-state index contributed by atoms with van der Waals surface area (Å²) in [7, 11) is 0. The molecule has 2 unspecified atom stereocenters. The number of hydrogen-bond acceptors (Lipinski definition) is 2. The highest BCUT2D eigenvalue weighted by molar-refractivity contribution is 4.69. The first-order chi connectivity index (χ1) is 7.97. The Kier molecular flexibility index (Phi) is 6.50. The van der Waals surface area contributed by atoms with Crippen LogP contribution < -0.4 is 5.32 Å². The molecule has 2 atom stereocenters.